The lowest BCUT2D eigenvalue weighted by Crippen LogP contribution is -2.22. The minimum Gasteiger partial charge on any atom is -0.457 e. The van der Waals surface area contributed by atoms with E-state index >= 15 is 0 Å². The summed E-state index contributed by atoms with van der Waals surface area (Å²) in [6, 6.07) is 3.37. The Hall–Kier alpha value is -1.78. The maximum Gasteiger partial charge on any atom is 0.416 e. The summed E-state index contributed by atoms with van der Waals surface area (Å²) in [5, 5.41) is 0. The van der Waals surface area contributed by atoms with Gasteiger partial charge < -0.3 is 4.74 Å². The lowest BCUT2D eigenvalue weighted by atomic mass is 10.0. The van der Waals surface area contributed by atoms with Gasteiger partial charge in [-0.05, 0) is 57.0 Å². The highest BCUT2D eigenvalue weighted by Gasteiger charge is 2.30. The van der Waals surface area contributed by atoms with Crippen molar-refractivity contribution in [2.75, 3.05) is 0 Å². The van der Waals surface area contributed by atoms with Crippen molar-refractivity contribution in [3.8, 4) is 0 Å². The predicted octanol–water partition coefficient (Wildman–Crippen LogP) is 4.37. The van der Waals surface area contributed by atoms with Crippen LogP contribution in [0.15, 0.2) is 24.3 Å². The van der Waals surface area contributed by atoms with Crippen LogP contribution in [0.5, 0.6) is 0 Å². The molecule has 20 heavy (non-hydrogen) atoms. The zero-order valence-electron chi connectivity index (χ0n) is 11.8. The van der Waals surface area contributed by atoms with Gasteiger partial charge in [0.05, 0.1) is 5.56 Å². The van der Waals surface area contributed by atoms with Crippen LogP contribution in [-0.2, 0) is 15.7 Å². The van der Waals surface area contributed by atoms with Crippen LogP contribution in [-0.4, -0.2) is 11.6 Å². The topological polar surface area (TPSA) is 26.3 Å². The molecule has 0 heterocycles. The molecule has 0 aliphatic heterocycles. The van der Waals surface area contributed by atoms with E-state index in [9.17, 15) is 18.0 Å². The number of hydrogen-bond acceptors (Lipinski definition) is 2. The van der Waals surface area contributed by atoms with E-state index in [2.05, 4.69) is 0 Å². The Morgan fingerprint density at radius 1 is 1.20 bits per heavy atom. The van der Waals surface area contributed by atoms with E-state index in [0.717, 1.165) is 12.1 Å². The Morgan fingerprint density at radius 3 is 2.25 bits per heavy atom. The van der Waals surface area contributed by atoms with Crippen molar-refractivity contribution >= 4 is 12.0 Å². The van der Waals surface area contributed by atoms with Gasteiger partial charge >= 0.3 is 12.1 Å². The number of esters is 1. The zero-order chi connectivity index (χ0) is 15.6. The molecule has 5 heteroatoms. The van der Waals surface area contributed by atoms with E-state index in [1.54, 1.807) is 27.7 Å². The van der Waals surface area contributed by atoms with Crippen molar-refractivity contribution < 1.29 is 22.7 Å². The van der Waals surface area contributed by atoms with Gasteiger partial charge in [-0.2, -0.15) is 13.2 Å². The number of aryl methyl sites for hydroxylation is 1. The van der Waals surface area contributed by atoms with Crippen molar-refractivity contribution in [3.63, 3.8) is 0 Å². The largest absolute Gasteiger partial charge is 0.457 e. The van der Waals surface area contributed by atoms with Crippen LogP contribution in [0.4, 0.5) is 13.2 Å². The van der Waals surface area contributed by atoms with Gasteiger partial charge in [-0.25, -0.2) is 4.79 Å². The SMILES string of the molecule is Cc1cc(C(F)(F)F)ccc1/C=C/C(=O)OC(C)(C)C. The van der Waals surface area contributed by atoms with Crippen molar-refractivity contribution in [1.29, 1.82) is 0 Å². The summed E-state index contributed by atoms with van der Waals surface area (Å²) < 4.78 is 42.6. The van der Waals surface area contributed by atoms with Crippen LogP contribution in [0.25, 0.3) is 6.08 Å². The van der Waals surface area contributed by atoms with Crippen LogP contribution in [0.3, 0.4) is 0 Å². The molecule has 0 saturated heterocycles. The maximum atomic E-state index is 12.5. The van der Waals surface area contributed by atoms with Crippen molar-refractivity contribution in [1.82, 2.24) is 0 Å². The maximum absolute atomic E-state index is 12.5. The summed E-state index contributed by atoms with van der Waals surface area (Å²) in [6.07, 6.45) is -1.71. The number of halogens is 3. The molecule has 0 atom stereocenters. The van der Waals surface area contributed by atoms with Crippen LogP contribution in [0, 0.1) is 6.92 Å². The Balaban J connectivity index is 2.87. The average Bonchev–Trinajstić information content (AvgIpc) is 2.23. The molecule has 0 spiro atoms. The van der Waals surface area contributed by atoms with Crippen molar-refractivity contribution in [3.05, 3.63) is 41.0 Å². The standard InChI is InChI=1S/C15H17F3O2/c1-10-9-12(15(16,17)18)7-5-11(10)6-8-13(19)20-14(2,3)4/h5-9H,1-4H3/b8-6+. The fraction of sp³-hybridized carbons (Fsp3) is 0.400. The minimum atomic E-state index is -4.36. The van der Waals surface area contributed by atoms with Crippen LogP contribution < -0.4 is 0 Å². The summed E-state index contributed by atoms with van der Waals surface area (Å²) in [4.78, 5) is 11.5. The highest BCUT2D eigenvalue weighted by Crippen LogP contribution is 2.30. The molecule has 0 N–H and O–H groups in total. The normalized spacial score (nSPS) is 12.8. The fourth-order valence-corrected chi connectivity index (χ4v) is 1.53. The average molecular weight is 286 g/mol. The number of rotatable bonds is 2. The van der Waals surface area contributed by atoms with Crippen LogP contribution in [0.2, 0.25) is 0 Å². The van der Waals surface area contributed by atoms with Gasteiger partial charge in [0.25, 0.3) is 0 Å². The molecule has 110 valence electrons. The van der Waals surface area contributed by atoms with Crippen LogP contribution in [0.1, 0.15) is 37.5 Å². The monoisotopic (exact) mass is 286 g/mol. The summed E-state index contributed by atoms with van der Waals surface area (Å²) in [5.74, 6) is -0.531. The van der Waals surface area contributed by atoms with E-state index < -0.39 is 23.3 Å². The van der Waals surface area contributed by atoms with Crippen molar-refractivity contribution in [2.24, 2.45) is 0 Å². The summed E-state index contributed by atoms with van der Waals surface area (Å²) in [7, 11) is 0. The second-order valence-electron chi connectivity index (χ2n) is 5.44. The zero-order valence-corrected chi connectivity index (χ0v) is 11.8. The second kappa shape index (κ2) is 5.69. The van der Waals surface area contributed by atoms with E-state index in [0.29, 0.717) is 11.1 Å². The van der Waals surface area contributed by atoms with Crippen molar-refractivity contribution in [2.45, 2.75) is 39.5 Å². The third kappa shape index (κ3) is 5.07. The first-order valence-electron chi connectivity index (χ1n) is 6.08. The highest BCUT2D eigenvalue weighted by molar-refractivity contribution is 5.87. The molecule has 1 rings (SSSR count). The second-order valence-corrected chi connectivity index (χ2v) is 5.44. The van der Waals surface area contributed by atoms with E-state index in [1.807, 2.05) is 0 Å². The molecular weight excluding hydrogens is 269 g/mol. The van der Waals surface area contributed by atoms with Gasteiger partial charge in [0.1, 0.15) is 5.60 Å². The number of carbonyl (C=O) groups is 1. The number of carbonyl (C=O) groups excluding carboxylic acids is 1. The lowest BCUT2D eigenvalue weighted by Gasteiger charge is -2.18. The Kier molecular flexibility index (Phi) is 4.63. The molecule has 0 radical (unpaired) electrons. The van der Waals surface area contributed by atoms with Gasteiger partial charge in [-0.1, -0.05) is 6.07 Å². The molecular formula is C15H17F3O2. The molecule has 0 amide bonds. The first kappa shape index (κ1) is 16.3. The fourth-order valence-electron chi connectivity index (χ4n) is 1.53. The smallest absolute Gasteiger partial charge is 0.416 e. The van der Waals surface area contributed by atoms with E-state index in [-0.39, 0.29) is 0 Å². The third-order valence-corrected chi connectivity index (χ3v) is 2.40. The van der Waals surface area contributed by atoms with E-state index in [4.69, 9.17) is 4.74 Å². The van der Waals surface area contributed by atoms with Crippen LogP contribution >= 0.6 is 0 Å². The molecule has 0 bridgehead atoms. The Morgan fingerprint density at radius 2 is 1.80 bits per heavy atom. The van der Waals surface area contributed by atoms with Gasteiger partial charge in [-0.3, -0.25) is 0 Å². The molecule has 0 unspecified atom stereocenters. The quantitative estimate of drug-likeness (QED) is 0.596. The van der Waals surface area contributed by atoms with Gasteiger partial charge in [0.2, 0.25) is 0 Å². The molecule has 0 aliphatic carbocycles. The Bertz CT molecular complexity index is 523. The minimum absolute atomic E-state index is 0.444. The molecule has 0 fully saturated rings. The third-order valence-electron chi connectivity index (χ3n) is 2.40. The van der Waals surface area contributed by atoms with Gasteiger partial charge in [0.15, 0.2) is 0 Å². The van der Waals surface area contributed by atoms with Gasteiger partial charge in [-0.15, -0.1) is 0 Å². The molecule has 0 saturated carbocycles. The summed E-state index contributed by atoms with van der Waals surface area (Å²) in [5.41, 5.74) is -0.315. The Labute approximate surface area is 116 Å². The first-order chi connectivity index (χ1) is 8.99. The molecule has 0 aliphatic rings. The molecule has 0 aromatic heterocycles. The molecule has 1 aromatic carbocycles. The molecule has 2 nitrogen and oxygen atoms in total. The number of ether oxygens (including phenoxy) is 1. The lowest BCUT2D eigenvalue weighted by molar-refractivity contribution is -0.148. The number of benzene rings is 1. The predicted molar refractivity (Wildman–Crippen MR) is 71.1 cm³/mol. The summed E-state index contributed by atoms with van der Waals surface area (Å²) in [6.45, 7) is 6.77. The van der Waals surface area contributed by atoms with E-state index in [1.165, 1.54) is 18.2 Å². The van der Waals surface area contributed by atoms with Gasteiger partial charge in [0, 0.05) is 6.08 Å². The summed E-state index contributed by atoms with van der Waals surface area (Å²) >= 11 is 0. The number of alkyl halides is 3. The number of hydrogen-bond donors (Lipinski definition) is 0. The molecule has 1 aromatic rings. The first-order valence-corrected chi connectivity index (χ1v) is 6.08. The highest BCUT2D eigenvalue weighted by atomic mass is 19.4.